The van der Waals surface area contributed by atoms with Crippen LogP contribution in [0.5, 0.6) is 0 Å². The number of halogens is 2. The van der Waals surface area contributed by atoms with Crippen LogP contribution in [0.15, 0.2) is 22.7 Å². The zero-order valence-electron chi connectivity index (χ0n) is 10.9. The molecule has 0 N–H and O–H groups in total. The summed E-state index contributed by atoms with van der Waals surface area (Å²) in [5.41, 5.74) is 1.83. The molecule has 1 heterocycles. The van der Waals surface area contributed by atoms with Crippen molar-refractivity contribution in [3.63, 3.8) is 0 Å². The van der Waals surface area contributed by atoms with Gasteiger partial charge in [-0.25, -0.2) is 4.98 Å². The molecule has 0 spiro atoms. The SMILES string of the molecule is CN(C)C(=O)Cn1c(CCCl)nc2cc(Br)ccc21. The number of amides is 1. The highest BCUT2D eigenvalue weighted by atomic mass is 79.9. The summed E-state index contributed by atoms with van der Waals surface area (Å²) in [6, 6.07) is 5.86. The minimum Gasteiger partial charge on any atom is -0.347 e. The number of alkyl halides is 1. The van der Waals surface area contributed by atoms with Crippen LogP contribution in [-0.2, 0) is 17.8 Å². The van der Waals surface area contributed by atoms with Gasteiger partial charge in [0.15, 0.2) is 0 Å². The van der Waals surface area contributed by atoms with Crippen LogP contribution in [0.25, 0.3) is 11.0 Å². The number of hydrogen-bond donors (Lipinski definition) is 0. The zero-order valence-corrected chi connectivity index (χ0v) is 13.2. The van der Waals surface area contributed by atoms with Gasteiger partial charge in [0.1, 0.15) is 12.4 Å². The highest BCUT2D eigenvalue weighted by Gasteiger charge is 2.14. The first kappa shape index (κ1) is 14.3. The van der Waals surface area contributed by atoms with Crippen LogP contribution >= 0.6 is 27.5 Å². The van der Waals surface area contributed by atoms with Crippen LogP contribution in [-0.4, -0.2) is 40.3 Å². The standard InChI is InChI=1S/C13H15BrClN3O/c1-17(2)13(19)8-18-11-4-3-9(14)7-10(11)16-12(18)5-6-15/h3-4,7H,5-6,8H2,1-2H3. The van der Waals surface area contributed by atoms with Gasteiger partial charge >= 0.3 is 0 Å². The molecular weight excluding hydrogens is 330 g/mol. The maximum atomic E-state index is 11.9. The molecule has 0 unspecified atom stereocenters. The molecule has 0 aliphatic heterocycles. The highest BCUT2D eigenvalue weighted by Crippen LogP contribution is 2.21. The van der Waals surface area contributed by atoms with E-state index in [1.54, 1.807) is 19.0 Å². The Morgan fingerprint density at radius 3 is 2.84 bits per heavy atom. The van der Waals surface area contributed by atoms with E-state index in [9.17, 15) is 4.79 Å². The lowest BCUT2D eigenvalue weighted by atomic mass is 10.3. The number of aromatic nitrogens is 2. The Bertz CT molecular complexity index is 609. The molecule has 0 atom stereocenters. The van der Waals surface area contributed by atoms with Crippen molar-refractivity contribution in [2.75, 3.05) is 20.0 Å². The van der Waals surface area contributed by atoms with Crippen LogP contribution in [0.4, 0.5) is 0 Å². The number of aryl methyl sites for hydroxylation is 1. The van der Waals surface area contributed by atoms with Gasteiger partial charge < -0.3 is 9.47 Å². The van der Waals surface area contributed by atoms with Crippen LogP contribution in [0.2, 0.25) is 0 Å². The molecule has 4 nitrogen and oxygen atoms in total. The summed E-state index contributed by atoms with van der Waals surface area (Å²) >= 11 is 9.24. The second-order valence-corrected chi connectivity index (χ2v) is 5.77. The summed E-state index contributed by atoms with van der Waals surface area (Å²) in [5.74, 6) is 1.37. The van der Waals surface area contributed by atoms with E-state index in [0.717, 1.165) is 21.3 Å². The van der Waals surface area contributed by atoms with Crippen molar-refractivity contribution in [3.05, 3.63) is 28.5 Å². The van der Waals surface area contributed by atoms with Crippen LogP contribution < -0.4 is 0 Å². The van der Waals surface area contributed by atoms with Gasteiger partial charge in [-0.05, 0) is 18.2 Å². The van der Waals surface area contributed by atoms with E-state index < -0.39 is 0 Å². The lowest BCUT2D eigenvalue weighted by Gasteiger charge is -2.13. The first-order valence-corrected chi connectivity index (χ1v) is 7.26. The second-order valence-electron chi connectivity index (χ2n) is 4.47. The van der Waals surface area contributed by atoms with E-state index >= 15 is 0 Å². The van der Waals surface area contributed by atoms with Gasteiger partial charge in [-0.1, -0.05) is 15.9 Å². The van der Waals surface area contributed by atoms with Crippen LogP contribution in [0, 0.1) is 0 Å². The Morgan fingerprint density at radius 1 is 1.47 bits per heavy atom. The van der Waals surface area contributed by atoms with Gasteiger partial charge in [-0.2, -0.15) is 0 Å². The van der Waals surface area contributed by atoms with Crippen molar-refractivity contribution in [3.8, 4) is 0 Å². The molecule has 1 aromatic carbocycles. The van der Waals surface area contributed by atoms with E-state index in [-0.39, 0.29) is 12.5 Å². The van der Waals surface area contributed by atoms with E-state index in [4.69, 9.17) is 11.6 Å². The predicted molar refractivity (Wildman–Crippen MR) is 80.6 cm³/mol. The van der Waals surface area contributed by atoms with E-state index in [0.29, 0.717) is 12.3 Å². The Morgan fingerprint density at radius 2 is 2.21 bits per heavy atom. The quantitative estimate of drug-likeness (QED) is 0.800. The number of carbonyl (C=O) groups is 1. The summed E-state index contributed by atoms with van der Waals surface area (Å²) in [6.07, 6.45) is 0.647. The second kappa shape index (κ2) is 5.92. The predicted octanol–water partition coefficient (Wildman–Crippen LogP) is 2.67. The van der Waals surface area contributed by atoms with Crippen molar-refractivity contribution in [2.45, 2.75) is 13.0 Å². The van der Waals surface area contributed by atoms with E-state index in [1.165, 1.54) is 0 Å². The zero-order chi connectivity index (χ0) is 14.0. The third-order valence-electron chi connectivity index (χ3n) is 2.90. The van der Waals surface area contributed by atoms with E-state index in [2.05, 4.69) is 20.9 Å². The molecule has 1 amide bonds. The molecule has 0 aliphatic rings. The molecule has 1 aromatic heterocycles. The number of imidazole rings is 1. The molecule has 0 aliphatic carbocycles. The largest absolute Gasteiger partial charge is 0.347 e. The Kier molecular flexibility index (Phi) is 4.47. The van der Waals surface area contributed by atoms with Gasteiger partial charge in [0.05, 0.1) is 11.0 Å². The monoisotopic (exact) mass is 343 g/mol. The number of benzene rings is 1. The average molecular weight is 345 g/mol. The normalized spacial score (nSPS) is 10.9. The molecule has 102 valence electrons. The fourth-order valence-electron chi connectivity index (χ4n) is 1.88. The average Bonchev–Trinajstić information content (AvgIpc) is 2.67. The summed E-state index contributed by atoms with van der Waals surface area (Å²) in [4.78, 5) is 18.0. The fraction of sp³-hybridized carbons (Fsp3) is 0.385. The maximum absolute atomic E-state index is 11.9. The number of fused-ring (bicyclic) bond motifs is 1. The van der Waals surface area contributed by atoms with Crippen LogP contribution in [0.1, 0.15) is 5.82 Å². The van der Waals surface area contributed by atoms with E-state index in [1.807, 2.05) is 22.8 Å². The molecule has 0 radical (unpaired) electrons. The molecule has 0 saturated carbocycles. The van der Waals surface area contributed by atoms with Crippen molar-refractivity contribution in [2.24, 2.45) is 0 Å². The topological polar surface area (TPSA) is 38.1 Å². The Labute approximate surface area is 125 Å². The maximum Gasteiger partial charge on any atom is 0.242 e. The van der Waals surface area contributed by atoms with Crippen molar-refractivity contribution in [1.29, 1.82) is 0 Å². The smallest absolute Gasteiger partial charge is 0.242 e. The van der Waals surface area contributed by atoms with Gasteiger partial charge in [-0.15, -0.1) is 11.6 Å². The molecule has 0 saturated heterocycles. The molecule has 2 rings (SSSR count). The van der Waals surface area contributed by atoms with Crippen molar-refractivity contribution < 1.29 is 4.79 Å². The summed E-state index contributed by atoms with van der Waals surface area (Å²) in [7, 11) is 3.50. The van der Waals surface area contributed by atoms with Gasteiger partial charge in [-0.3, -0.25) is 4.79 Å². The molecule has 19 heavy (non-hydrogen) atoms. The summed E-state index contributed by atoms with van der Waals surface area (Å²) < 4.78 is 2.91. The minimum absolute atomic E-state index is 0.0399. The lowest BCUT2D eigenvalue weighted by molar-refractivity contribution is -0.129. The molecule has 2 aromatic rings. The number of carbonyl (C=O) groups excluding carboxylic acids is 1. The number of likely N-dealkylation sites (N-methyl/N-ethyl adjacent to an activating group) is 1. The summed E-state index contributed by atoms with van der Waals surface area (Å²) in [6.45, 7) is 0.289. The number of hydrogen-bond acceptors (Lipinski definition) is 2. The summed E-state index contributed by atoms with van der Waals surface area (Å²) in [5, 5.41) is 0. The van der Waals surface area contributed by atoms with Gasteiger partial charge in [0.25, 0.3) is 0 Å². The Balaban J connectivity index is 2.48. The molecule has 6 heteroatoms. The lowest BCUT2D eigenvalue weighted by Crippen LogP contribution is -2.27. The number of rotatable bonds is 4. The van der Waals surface area contributed by atoms with Crippen LogP contribution in [0.3, 0.4) is 0 Å². The van der Waals surface area contributed by atoms with Gasteiger partial charge in [0.2, 0.25) is 5.91 Å². The third-order valence-corrected chi connectivity index (χ3v) is 3.58. The van der Waals surface area contributed by atoms with Crippen molar-refractivity contribution in [1.82, 2.24) is 14.5 Å². The fourth-order valence-corrected chi connectivity index (χ4v) is 2.40. The molecule has 0 bridgehead atoms. The molecular formula is C13H15BrClN3O. The third kappa shape index (κ3) is 3.09. The van der Waals surface area contributed by atoms with Crippen molar-refractivity contribution >= 4 is 44.5 Å². The van der Waals surface area contributed by atoms with Gasteiger partial charge in [0, 0.05) is 30.9 Å². The number of nitrogens with zero attached hydrogens (tertiary/aromatic N) is 3. The molecule has 0 fully saturated rings. The highest BCUT2D eigenvalue weighted by molar-refractivity contribution is 9.10. The minimum atomic E-state index is 0.0399. The Hall–Kier alpha value is -1.07. The first-order valence-electron chi connectivity index (χ1n) is 5.93. The first-order chi connectivity index (χ1) is 9.02.